The summed E-state index contributed by atoms with van der Waals surface area (Å²) in [7, 11) is -3.92. The molecule has 0 spiro atoms. The monoisotopic (exact) mass is 310 g/mol. The van der Waals surface area contributed by atoms with E-state index in [-0.39, 0.29) is 17.0 Å². The Morgan fingerprint density at radius 1 is 1.25 bits per heavy atom. The van der Waals surface area contributed by atoms with E-state index in [2.05, 4.69) is 4.72 Å². The van der Waals surface area contributed by atoms with E-state index in [1.54, 1.807) is 13.8 Å². The first-order valence-corrected chi connectivity index (χ1v) is 7.29. The topological polar surface area (TPSA) is 72.2 Å². The van der Waals surface area contributed by atoms with E-state index in [9.17, 15) is 21.6 Å². The highest BCUT2D eigenvalue weighted by Crippen LogP contribution is 2.31. The highest BCUT2D eigenvalue weighted by molar-refractivity contribution is 7.89. The molecule has 0 radical (unpaired) electrons. The van der Waals surface area contributed by atoms with Crippen LogP contribution in [0.5, 0.6) is 0 Å². The number of rotatable bonds is 4. The molecule has 0 saturated heterocycles. The lowest BCUT2D eigenvalue weighted by Gasteiger charge is -2.24. The summed E-state index contributed by atoms with van der Waals surface area (Å²) in [6.07, 6.45) is -4.50. The van der Waals surface area contributed by atoms with E-state index in [1.165, 1.54) is 6.92 Å². The van der Waals surface area contributed by atoms with Gasteiger partial charge in [-0.05, 0) is 44.5 Å². The number of hydrogen-bond acceptors (Lipinski definition) is 3. The van der Waals surface area contributed by atoms with Crippen LogP contribution >= 0.6 is 0 Å². The summed E-state index contributed by atoms with van der Waals surface area (Å²) >= 11 is 0. The van der Waals surface area contributed by atoms with Crippen LogP contribution < -0.4 is 10.5 Å². The smallest absolute Gasteiger partial charge is 0.329 e. The summed E-state index contributed by atoms with van der Waals surface area (Å²) in [4.78, 5) is -0.188. The van der Waals surface area contributed by atoms with Crippen LogP contribution in [0.15, 0.2) is 23.1 Å². The molecule has 4 nitrogen and oxygen atoms in total. The molecule has 114 valence electrons. The minimum absolute atomic E-state index is 0.0279. The van der Waals surface area contributed by atoms with Gasteiger partial charge in [-0.25, -0.2) is 13.1 Å². The van der Waals surface area contributed by atoms with Gasteiger partial charge in [-0.3, -0.25) is 0 Å². The summed E-state index contributed by atoms with van der Waals surface area (Å²) in [6, 6.07) is 2.51. The quantitative estimate of drug-likeness (QED) is 0.894. The standard InChI is InChI=1S/C12H17F3N2O2S/c1-8-6-9(12(13,14)15)4-5-10(8)20(18,19)17-11(2,3)7-16/h4-6,17H,7,16H2,1-3H3. The van der Waals surface area contributed by atoms with Gasteiger partial charge in [0.15, 0.2) is 0 Å². The summed E-state index contributed by atoms with van der Waals surface area (Å²) in [6.45, 7) is 4.55. The van der Waals surface area contributed by atoms with Crippen molar-refractivity contribution in [2.45, 2.75) is 37.4 Å². The summed E-state index contributed by atoms with van der Waals surface area (Å²) in [5.74, 6) is 0. The number of benzene rings is 1. The summed E-state index contributed by atoms with van der Waals surface area (Å²) in [5.41, 5.74) is 3.70. The Balaban J connectivity index is 3.22. The van der Waals surface area contributed by atoms with Gasteiger partial charge in [-0.15, -0.1) is 0 Å². The van der Waals surface area contributed by atoms with Crippen molar-refractivity contribution in [3.05, 3.63) is 29.3 Å². The molecule has 0 unspecified atom stereocenters. The lowest BCUT2D eigenvalue weighted by Crippen LogP contribution is -2.48. The van der Waals surface area contributed by atoms with Gasteiger partial charge in [0.05, 0.1) is 10.5 Å². The summed E-state index contributed by atoms with van der Waals surface area (Å²) in [5, 5.41) is 0. The van der Waals surface area contributed by atoms with E-state index < -0.39 is 27.3 Å². The molecule has 0 atom stereocenters. The Bertz CT molecular complexity index is 595. The fourth-order valence-electron chi connectivity index (χ4n) is 1.59. The van der Waals surface area contributed by atoms with Gasteiger partial charge in [0.2, 0.25) is 10.0 Å². The fraction of sp³-hybridized carbons (Fsp3) is 0.500. The van der Waals surface area contributed by atoms with Crippen molar-refractivity contribution in [3.63, 3.8) is 0 Å². The van der Waals surface area contributed by atoms with Gasteiger partial charge in [0, 0.05) is 12.1 Å². The first-order valence-electron chi connectivity index (χ1n) is 5.81. The third-order valence-corrected chi connectivity index (χ3v) is 4.57. The highest BCUT2D eigenvalue weighted by Gasteiger charge is 2.32. The van der Waals surface area contributed by atoms with Crippen molar-refractivity contribution >= 4 is 10.0 Å². The molecule has 0 amide bonds. The number of nitrogens with one attached hydrogen (secondary N) is 1. The number of alkyl halides is 3. The number of halogens is 3. The zero-order valence-corrected chi connectivity index (χ0v) is 12.2. The van der Waals surface area contributed by atoms with E-state index in [0.29, 0.717) is 0 Å². The predicted molar refractivity (Wildman–Crippen MR) is 69.6 cm³/mol. The van der Waals surface area contributed by atoms with Crippen molar-refractivity contribution < 1.29 is 21.6 Å². The number of hydrogen-bond donors (Lipinski definition) is 2. The van der Waals surface area contributed by atoms with Crippen molar-refractivity contribution in [3.8, 4) is 0 Å². The molecular weight excluding hydrogens is 293 g/mol. The minimum Gasteiger partial charge on any atom is -0.329 e. The predicted octanol–water partition coefficient (Wildman–Crippen LogP) is 2.03. The normalized spacial score (nSPS) is 13.6. The summed E-state index contributed by atoms with van der Waals surface area (Å²) < 4.78 is 64.3. The second kappa shape index (κ2) is 5.34. The van der Waals surface area contributed by atoms with Gasteiger partial charge in [0.25, 0.3) is 0 Å². The van der Waals surface area contributed by atoms with Crippen LogP contribution in [0, 0.1) is 6.92 Å². The zero-order valence-electron chi connectivity index (χ0n) is 11.4. The maximum Gasteiger partial charge on any atom is 0.416 e. The molecule has 20 heavy (non-hydrogen) atoms. The largest absolute Gasteiger partial charge is 0.416 e. The Hall–Kier alpha value is -1.12. The van der Waals surface area contributed by atoms with Crippen molar-refractivity contribution in [2.24, 2.45) is 5.73 Å². The lowest BCUT2D eigenvalue weighted by atomic mass is 10.1. The molecule has 0 aliphatic carbocycles. The Labute approximate surface area is 116 Å². The third kappa shape index (κ3) is 3.94. The van der Waals surface area contributed by atoms with Gasteiger partial charge in [0.1, 0.15) is 0 Å². The van der Waals surface area contributed by atoms with Crippen LogP contribution in [0.1, 0.15) is 25.0 Å². The maximum atomic E-state index is 12.5. The minimum atomic E-state index is -4.50. The number of aryl methyl sites for hydroxylation is 1. The van der Waals surface area contributed by atoms with Crippen LogP contribution in [0.2, 0.25) is 0 Å². The fourth-order valence-corrected chi connectivity index (χ4v) is 3.24. The van der Waals surface area contributed by atoms with Gasteiger partial charge >= 0.3 is 6.18 Å². The Morgan fingerprint density at radius 2 is 1.80 bits per heavy atom. The van der Waals surface area contributed by atoms with E-state index >= 15 is 0 Å². The molecular formula is C12H17F3N2O2S. The molecule has 0 aromatic heterocycles. The van der Waals surface area contributed by atoms with Gasteiger partial charge < -0.3 is 5.73 Å². The average Bonchev–Trinajstić information content (AvgIpc) is 2.26. The average molecular weight is 310 g/mol. The SMILES string of the molecule is Cc1cc(C(F)(F)F)ccc1S(=O)(=O)NC(C)(C)CN. The number of sulfonamides is 1. The Morgan fingerprint density at radius 3 is 2.20 bits per heavy atom. The first-order chi connectivity index (χ1) is 8.89. The molecule has 8 heteroatoms. The Kier molecular flexibility index (Phi) is 4.52. The molecule has 0 saturated carbocycles. The molecule has 0 aliphatic heterocycles. The van der Waals surface area contributed by atoms with Crippen LogP contribution in [0.25, 0.3) is 0 Å². The van der Waals surface area contributed by atoms with Gasteiger partial charge in [-0.1, -0.05) is 0 Å². The van der Waals surface area contributed by atoms with E-state index in [1.807, 2.05) is 0 Å². The van der Waals surface area contributed by atoms with Crippen LogP contribution in [-0.4, -0.2) is 20.5 Å². The number of nitrogens with two attached hydrogens (primary N) is 1. The molecule has 3 N–H and O–H groups in total. The van der Waals surface area contributed by atoms with E-state index in [4.69, 9.17) is 5.73 Å². The van der Waals surface area contributed by atoms with Crippen molar-refractivity contribution in [1.29, 1.82) is 0 Å². The molecule has 0 fully saturated rings. The van der Waals surface area contributed by atoms with Crippen molar-refractivity contribution in [2.75, 3.05) is 6.54 Å². The molecule has 0 heterocycles. The first kappa shape index (κ1) is 16.9. The highest BCUT2D eigenvalue weighted by atomic mass is 32.2. The lowest BCUT2D eigenvalue weighted by molar-refractivity contribution is -0.137. The van der Waals surface area contributed by atoms with Crippen LogP contribution in [0.3, 0.4) is 0 Å². The molecule has 1 rings (SSSR count). The van der Waals surface area contributed by atoms with Crippen LogP contribution in [0.4, 0.5) is 13.2 Å². The molecule has 0 aliphatic rings. The van der Waals surface area contributed by atoms with Crippen molar-refractivity contribution in [1.82, 2.24) is 4.72 Å². The third-order valence-electron chi connectivity index (χ3n) is 2.71. The second-order valence-electron chi connectivity index (χ2n) is 5.17. The van der Waals surface area contributed by atoms with Crippen LogP contribution in [-0.2, 0) is 16.2 Å². The van der Waals surface area contributed by atoms with Gasteiger partial charge in [-0.2, -0.15) is 13.2 Å². The molecule has 1 aromatic rings. The molecule has 1 aromatic carbocycles. The molecule has 0 bridgehead atoms. The van der Waals surface area contributed by atoms with E-state index in [0.717, 1.165) is 18.2 Å². The maximum absolute atomic E-state index is 12.5. The second-order valence-corrected chi connectivity index (χ2v) is 6.82. The zero-order chi connectivity index (χ0) is 15.8.